The van der Waals surface area contributed by atoms with E-state index < -0.39 is 12.6 Å². The minimum absolute atomic E-state index is 0.0405. The number of halogens is 3. The number of fused-ring (bicyclic) bond motifs is 1. The van der Waals surface area contributed by atoms with E-state index >= 15 is 0 Å². The molecule has 2 aromatic heterocycles. The number of likely N-dealkylation sites (N-methyl/N-ethyl adjacent to an activating group) is 1. The van der Waals surface area contributed by atoms with E-state index in [0.717, 1.165) is 80.6 Å². The number of rotatable bonds is 10. The summed E-state index contributed by atoms with van der Waals surface area (Å²) in [5.41, 5.74) is 4.36. The zero-order valence-corrected chi connectivity index (χ0v) is 24.2. The topological polar surface area (TPSA) is 69.5 Å². The predicted octanol–water partition coefficient (Wildman–Crippen LogP) is 6.24. The maximum absolute atomic E-state index is 12.5. The standard InChI is InChI=1S/C31H43F3N6O/c1-22(5-3-4-14-31(32,33)34)36-30-35-19-27-28(21-40(29(27)37-30)25-10-12-26(41)13-11-25)24-8-6-23(7-9-24)20-39-17-15-38(2)16-18-39/h6-9,19,21-22,25-26,41H,3-5,10-18,20H2,1-2H3,(H,35,36,37)/t22-,25-,26-/m0/s1. The maximum atomic E-state index is 12.5. The lowest BCUT2D eigenvalue weighted by Crippen LogP contribution is -2.43. The van der Waals surface area contributed by atoms with Crippen LogP contribution in [0.5, 0.6) is 0 Å². The van der Waals surface area contributed by atoms with E-state index in [2.05, 4.69) is 62.2 Å². The number of piperazine rings is 1. The molecule has 0 radical (unpaired) electrons. The van der Waals surface area contributed by atoms with E-state index in [0.29, 0.717) is 18.8 Å². The highest BCUT2D eigenvalue weighted by molar-refractivity contribution is 5.94. The smallest absolute Gasteiger partial charge is 0.389 e. The Hall–Kier alpha value is -2.69. The monoisotopic (exact) mass is 572 g/mol. The zero-order valence-electron chi connectivity index (χ0n) is 24.2. The highest BCUT2D eigenvalue weighted by Crippen LogP contribution is 2.37. The second-order valence-electron chi connectivity index (χ2n) is 12.0. The highest BCUT2D eigenvalue weighted by Gasteiger charge is 2.26. The quantitative estimate of drug-likeness (QED) is 0.280. The zero-order chi connectivity index (χ0) is 29.0. The van der Waals surface area contributed by atoms with Crippen LogP contribution < -0.4 is 5.32 Å². The Kier molecular flexibility index (Phi) is 9.51. The molecule has 1 aliphatic heterocycles. The number of aliphatic hydroxyl groups excluding tert-OH is 1. The van der Waals surface area contributed by atoms with E-state index in [-0.39, 0.29) is 24.6 Å². The van der Waals surface area contributed by atoms with Gasteiger partial charge in [0.05, 0.1) is 6.10 Å². The fraction of sp³-hybridized carbons (Fsp3) is 0.613. The van der Waals surface area contributed by atoms with Crippen molar-refractivity contribution in [2.75, 3.05) is 38.5 Å². The molecule has 2 N–H and O–H groups in total. The summed E-state index contributed by atoms with van der Waals surface area (Å²) in [5, 5.41) is 14.4. The van der Waals surface area contributed by atoms with Crippen LogP contribution in [0.2, 0.25) is 0 Å². The van der Waals surface area contributed by atoms with E-state index in [1.54, 1.807) is 0 Å². The molecule has 2 fully saturated rings. The molecule has 0 amide bonds. The van der Waals surface area contributed by atoms with Crippen molar-refractivity contribution in [3.8, 4) is 11.1 Å². The number of hydrogen-bond donors (Lipinski definition) is 2. The van der Waals surface area contributed by atoms with E-state index in [9.17, 15) is 18.3 Å². The number of nitrogens with one attached hydrogen (secondary N) is 1. The van der Waals surface area contributed by atoms with Crippen molar-refractivity contribution in [2.45, 2.75) is 89.2 Å². The number of aliphatic hydroxyl groups is 1. The van der Waals surface area contributed by atoms with Gasteiger partial charge in [0.15, 0.2) is 0 Å². The Morgan fingerprint density at radius 2 is 1.73 bits per heavy atom. The minimum Gasteiger partial charge on any atom is -0.393 e. The number of nitrogens with zero attached hydrogens (tertiary/aromatic N) is 5. The van der Waals surface area contributed by atoms with Crippen LogP contribution in [0.1, 0.15) is 69.9 Å². The lowest BCUT2D eigenvalue weighted by Gasteiger charge is -2.32. The van der Waals surface area contributed by atoms with Crippen molar-refractivity contribution in [1.82, 2.24) is 24.3 Å². The van der Waals surface area contributed by atoms with Crippen LogP contribution in [0.3, 0.4) is 0 Å². The molecule has 1 aliphatic carbocycles. The fourth-order valence-electron chi connectivity index (χ4n) is 6.07. The lowest BCUT2D eigenvalue weighted by molar-refractivity contribution is -0.135. The van der Waals surface area contributed by atoms with Gasteiger partial charge >= 0.3 is 6.18 Å². The Morgan fingerprint density at radius 3 is 2.41 bits per heavy atom. The molecule has 0 bridgehead atoms. The summed E-state index contributed by atoms with van der Waals surface area (Å²) in [4.78, 5) is 14.4. The van der Waals surface area contributed by atoms with Crippen molar-refractivity contribution >= 4 is 17.0 Å². The van der Waals surface area contributed by atoms with Crippen molar-refractivity contribution in [3.63, 3.8) is 0 Å². The van der Waals surface area contributed by atoms with Crippen molar-refractivity contribution in [1.29, 1.82) is 0 Å². The van der Waals surface area contributed by atoms with Crippen LogP contribution in [0.4, 0.5) is 19.1 Å². The van der Waals surface area contributed by atoms with Gasteiger partial charge in [0, 0.05) is 74.6 Å². The summed E-state index contributed by atoms with van der Waals surface area (Å²) in [6.45, 7) is 7.28. The number of alkyl halides is 3. The molecular weight excluding hydrogens is 529 g/mol. The first-order valence-corrected chi connectivity index (χ1v) is 15.0. The molecule has 5 rings (SSSR count). The lowest BCUT2D eigenvalue weighted by atomic mass is 9.93. The highest BCUT2D eigenvalue weighted by atomic mass is 19.4. The molecule has 10 heteroatoms. The first kappa shape index (κ1) is 29.8. The van der Waals surface area contributed by atoms with Crippen LogP contribution in [0, 0.1) is 0 Å². The van der Waals surface area contributed by atoms with Gasteiger partial charge in [-0.25, -0.2) is 4.98 Å². The normalized spacial score (nSPS) is 21.8. The molecule has 2 aliphatic rings. The summed E-state index contributed by atoms with van der Waals surface area (Å²) in [6.07, 6.45) is 3.50. The number of benzene rings is 1. The van der Waals surface area contributed by atoms with E-state index in [1.807, 2.05) is 13.1 Å². The average Bonchev–Trinajstić information content (AvgIpc) is 3.31. The second-order valence-corrected chi connectivity index (χ2v) is 12.0. The van der Waals surface area contributed by atoms with Gasteiger partial charge in [0.2, 0.25) is 5.95 Å². The molecule has 1 saturated heterocycles. The summed E-state index contributed by atoms with van der Waals surface area (Å²) in [5.74, 6) is 0.491. The Labute approximate surface area is 240 Å². The molecule has 1 aromatic carbocycles. The number of aromatic nitrogens is 3. The Bertz CT molecular complexity index is 1260. The third-order valence-corrected chi connectivity index (χ3v) is 8.62. The summed E-state index contributed by atoms with van der Waals surface area (Å²) >= 11 is 0. The van der Waals surface area contributed by atoms with E-state index in [1.165, 1.54) is 5.56 Å². The first-order valence-electron chi connectivity index (χ1n) is 15.0. The predicted molar refractivity (Wildman–Crippen MR) is 157 cm³/mol. The molecular formula is C31H43F3N6O. The molecule has 0 spiro atoms. The van der Waals surface area contributed by atoms with Crippen LogP contribution in [-0.4, -0.2) is 81.0 Å². The summed E-state index contributed by atoms with van der Waals surface area (Å²) in [6, 6.07) is 9.00. The first-order chi connectivity index (χ1) is 19.6. The van der Waals surface area contributed by atoms with Gasteiger partial charge in [-0.3, -0.25) is 4.90 Å². The van der Waals surface area contributed by atoms with Crippen molar-refractivity contribution in [3.05, 3.63) is 42.2 Å². The van der Waals surface area contributed by atoms with Crippen LogP contribution in [0.15, 0.2) is 36.7 Å². The minimum atomic E-state index is -4.10. The second kappa shape index (κ2) is 13.1. The maximum Gasteiger partial charge on any atom is 0.389 e. The molecule has 3 heterocycles. The average molecular weight is 573 g/mol. The van der Waals surface area contributed by atoms with Gasteiger partial charge in [-0.1, -0.05) is 30.7 Å². The SMILES string of the molecule is C[C@@H](CCCCC(F)(F)F)Nc1ncc2c(-c3ccc(CN4CCN(C)CC4)cc3)cn([C@H]3CC[C@H](O)CC3)c2n1. The van der Waals surface area contributed by atoms with Crippen LogP contribution >= 0.6 is 0 Å². The van der Waals surface area contributed by atoms with Crippen molar-refractivity contribution < 1.29 is 18.3 Å². The van der Waals surface area contributed by atoms with E-state index in [4.69, 9.17) is 4.98 Å². The van der Waals surface area contributed by atoms with Gasteiger partial charge in [-0.15, -0.1) is 0 Å². The Balaban J connectivity index is 1.34. The van der Waals surface area contributed by atoms with Gasteiger partial charge < -0.3 is 19.9 Å². The molecule has 3 aromatic rings. The van der Waals surface area contributed by atoms with Gasteiger partial charge in [0.25, 0.3) is 0 Å². The van der Waals surface area contributed by atoms with Gasteiger partial charge in [0.1, 0.15) is 5.65 Å². The molecule has 0 unspecified atom stereocenters. The molecule has 224 valence electrons. The third kappa shape index (κ3) is 7.99. The Morgan fingerprint density at radius 1 is 1.02 bits per heavy atom. The third-order valence-electron chi connectivity index (χ3n) is 8.62. The summed E-state index contributed by atoms with van der Waals surface area (Å²) in [7, 11) is 2.17. The van der Waals surface area contributed by atoms with Crippen LogP contribution in [0.25, 0.3) is 22.2 Å². The molecule has 41 heavy (non-hydrogen) atoms. The van der Waals surface area contributed by atoms with Gasteiger partial charge in [-0.2, -0.15) is 18.2 Å². The molecule has 7 nitrogen and oxygen atoms in total. The number of hydrogen-bond acceptors (Lipinski definition) is 6. The largest absolute Gasteiger partial charge is 0.393 e. The molecule has 1 saturated carbocycles. The number of unbranched alkanes of at least 4 members (excludes halogenated alkanes) is 1. The summed E-state index contributed by atoms with van der Waals surface area (Å²) < 4.78 is 39.7. The van der Waals surface area contributed by atoms with Crippen molar-refractivity contribution in [2.24, 2.45) is 0 Å². The van der Waals surface area contributed by atoms with Crippen LogP contribution in [-0.2, 0) is 6.54 Å². The fourth-order valence-corrected chi connectivity index (χ4v) is 6.07. The van der Waals surface area contributed by atoms with Gasteiger partial charge in [-0.05, 0) is 63.6 Å². The number of anilines is 1. The molecule has 1 atom stereocenters.